The number of nitrogens with zero attached hydrogens (tertiary/aromatic N) is 3. The highest BCUT2D eigenvalue weighted by Gasteiger charge is 2.22. The van der Waals surface area contributed by atoms with E-state index in [2.05, 4.69) is 26.1 Å². The Kier molecular flexibility index (Phi) is 10.6. The molecule has 0 bridgehead atoms. The van der Waals surface area contributed by atoms with Gasteiger partial charge in [0.15, 0.2) is 0 Å². The predicted octanol–water partition coefficient (Wildman–Crippen LogP) is 5.39. The topological polar surface area (TPSA) is 65.1 Å². The van der Waals surface area contributed by atoms with Gasteiger partial charge in [-0.3, -0.25) is 9.69 Å². The highest BCUT2D eigenvalue weighted by Crippen LogP contribution is 2.22. The second-order valence-corrected chi connectivity index (χ2v) is 10.2. The van der Waals surface area contributed by atoms with Crippen LogP contribution in [0.4, 0.5) is 10.5 Å². The maximum atomic E-state index is 13.3. The van der Waals surface area contributed by atoms with Crippen molar-refractivity contribution < 1.29 is 14.3 Å². The Labute approximate surface area is 239 Å². The van der Waals surface area contributed by atoms with Crippen molar-refractivity contribution in [2.24, 2.45) is 0 Å². The van der Waals surface area contributed by atoms with Crippen LogP contribution >= 0.6 is 15.9 Å². The van der Waals surface area contributed by atoms with Crippen LogP contribution in [0.15, 0.2) is 89.4 Å². The molecular weight excluding hydrogens is 556 g/mol. The fourth-order valence-corrected chi connectivity index (χ4v) is 4.89. The normalized spacial score (nSPS) is 13.8. The van der Waals surface area contributed by atoms with Gasteiger partial charge in [0.2, 0.25) is 5.91 Å². The Hall–Kier alpha value is -3.62. The number of hydrogen-bond donors (Lipinski definition) is 1. The zero-order valence-corrected chi connectivity index (χ0v) is 23.8. The van der Waals surface area contributed by atoms with Crippen molar-refractivity contribution in [1.82, 2.24) is 14.7 Å². The Bertz CT molecular complexity index is 1260. The number of rotatable bonds is 10. The third kappa shape index (κ3) is 8.43. The molecule has 0 atom stereocenters. The van der Waals surface area contributed by atoms with Gasteiger partial charge in [0.25, 0.3) is 0 Å². The summed E-state index contributed by atoms with van der Waals surface area (Å²) in [7, 11) is 1.66. The van der Waals surface area contributed by atoms with Crippen LogP contribution in [0.25, 0.3) is 6.08 Å². The molecule has 1 heterocycles. The van der Waals surface area contributed by atoms with Crippen LogP contribution < -0.4 is 10.1 Å². The van der Waals surface area contributed by atoms with Crippen LogP contribution in [-0.4, -0.2) is 79.6 Å². The predicted molar refractivity (Wildman–Crippen MR) is 160 cm³/mol. The van der Waals surface area contributed by atoms with E-state index in [1.807, 2.05) is 101 Å². The van der Waals surface area contributed by atoms with Crippen LogP contribution in [0, 0.1) is 0 Å². The van der Waals surface area contributed by atoms with Gasteiger partial charge >= 0.3 is 6.03 Å². The van der Waals surface area contributed by atoms with Crippen LogP contribution in [0.1, 0.15) is 11.1 Å². The van der Waals surface area contributed by atoms with E-state index in [4.69, 9.17) is 4.74 Å². The lowest BCUT2D eigenvalue weighted by atomic mass is 10.1. The van der Waals surface area contributed by atoms with Crippen molar-refractivity contribution in [2.45, 2.75) is 6.42 Å². The van der Waals surface area contributed by atoms with E-state index in [1.54, 1.807) is 7.11 Å². The molecule has 1 fully saturated rings. The highest BCUT2D eigenvalue weighted by molar-refractivity contribution is 9.10. The number of methoxy groups -OCH3 is 1. The van der Waals surface area contributed by atoms with Crippen molar-refractivity contribution in [3.05, 3.63) is 101 Å². The van der Waals surface area contributed by atoms with Gasteiger partial charge in [0.1, 0.15) is 5.75 Å². The van der Waals surface area contributed by atoms with Crippen molar-refractivity contribution >= 4 is 39.6 Å². The van der Waals surface area contributed by atoms with Gasteiger partial charge in [-0.05, 0) is 39.7 Å². The zero-order valence-electron chi connectivity index (χ0n) is 22.3. The zero-order chi connectivity index (χ0) is 27.5. The minimum Gasteiger partial charge on any atom is -0.496 e. The second-order valence-electron chi connectivity index (χ2n) is 9.39. The highest BCUT2D eigenvalue weighted by atomic mass is 79.9. The third-order valence-corrected chi connectivity index (χ3v) is 7.47. The number of benzene rings is 3. The summed E-state index contributed by atoms with van der Waals surface area (Å²) in [5, 5.41) is 2.98. The molecule has 0 aliphatic carbocycles. The van der Waals surface area contributed by atoms with Crippen LogP contribution in [-0.2, 0) is 11.2 Å². The molecule has 1 aliphatic rings. The molecule has 8 heteroatoms. The first-order chi connectivity index (χ1) is 19.0. The fourth-order valence-electron chi connectivity index (χ4n) is 4.50. The SMILES string of the molecule is COc1ccccc1/C=C/CN(CCN1CCN(C(=O)Nc2ccccc2Br)CC1)C(=O)Cc1ccccc1. The lowest BCUT2D eigenvalue weighted by Crippen LogP contribution is -2.51. The number of anilines is 1. The number of carbonyl (C=O) groups is 2. The number of ether oxygens (including phenoxy) is 1. The van der Waals surface area contributed by atoms with Gasteiger partial charge in [0.05, 0.1) is 19.2 Å². The fraction of sp³-hybridized carbons (Fsp3) is 0.290. The molecule has 39 heavy (non-hydrogen) atoms. The molecule has 0 spiro atoms. The molecule has 7 nitrogen and oxygen atoms in total. The Morgan fingerprint density at radius 1 is 0.949 bits per heavy atom. The van der Waals surface area contributed by atoms with E-state index < -0.39 is 0 Å². The molecule has 1 aliphatic heterocycles. The van der Waals surface area contributed by atoms with Crippen LogP contribution in [0.5, 0.6) is 5.75 Å². The monoisotopic (exact) mass is 590 g/mol. The number of piperazine rings is 1. The molecule has 0 radical (unpaired) electrons. The molecule has 3 aromatic carbocycles. The lowest BCUT2D eigenvalue weighted by Gasteiger charge is -2.35. The summed E-state index contributed by atoms with van der Waals surface area (Å²) in [6, 6.07) is 25.2. The first-order valence-electron chi connectivity index (χ1n) is 13.2. The molecule has 1 saturated heterocycles. The van der Waals surface area contributed by atoms with Gasteiger partial charge in [0, 0.05) is 55.8 Å². The minimum absolute atomic E-state index is 0.0947. The van der Waals surface area contributed by atoms with Crippen molar-refractivity contribution in [3.8, 4) is 5.75 Å². The van der Waals surface area contributed by atoms with Crippen molar-refractivity contribution in [1.29, 1.82) is 0 Å². The second kappa shape index (κ2) is 14.5. The maximum absolute atomic E-state index is 13.3. The number of nitrogens with one attached hydrogen (secondary N) is 1. The Balaban J connectivity index is 1.32. The molecule has 3 aromatic rings. The largest absolute Gasteiger partial charge is 0.496 e. The number of urea groups is 1. The first-order valence-corrected chi connectivity index (χ1v) is 14.0. The van der Waals surface area contributed by atoms with E-state index >= 15 is 0 Å². The average Bonchev–Trinajstić information content (AvgIpc) is 2.97. The summed E-state index contributed by atoms with van der Waals surface area (Å²) in [5.74, 6) is 0.898. The minimum atomic E-state index is -0.0947. The van der Waals surface area contributed by atoms with Crippen LogP contribution in [0.2, 0.25) is 0 Å². The quantitative estimate of drug-likeness (QED) is 0.344. The molecule has 0 aromatic heterocycles. The van der Waals surface area contributed by atoms with Crippen LogP contribution in [0.3, 0.4) is 0 Å². The number of halogens is 1. The van der Waals surface area contributed by atoms with Gasteiger partial charge in [-0.25, -0.2) is 4.79 Å². The molecule has 1 N–H and O–H groups in total. The van der Waals surface area contributed by atoms with E-state index in [-0.39, 0.29) is 11.9 Å². The van der Waals surface area contributed by atoms with Crippen molar-refractivity contribution in [3.63, 3.8) is 0 Å². The van der Waals surface area contributed by atoms with Gasteiger partial charge in [-0.2, -0.15) is 0 Å². The lowest BCUT2D eigenvalue weighted by molar-refractivity contribution is -0.130. The van der Waals surface area contributed by atoms with Gasteiger partial charge in [-0.15, -0.1) is 0 Å². The Morgan fingerprint density at radius 3 is 2.38 bits per heavy atom. The molecule has 4 rings (SSSR count). The number of para-hydroxylation sites is 2. The molecular formula is C31H35BrN4O3. The summed E-state index contributed by atoms with van der Waals surface area (Å²) in [4.78, 5) is 32.1. The summed E-state index contributed by atoms with van der Waals surface area (Å²) in [6.45, 7) is 4.69. The summed E-state index contributed by atoms with van der Waals surface area (Å²) < 4.78 is 6.31. The van der Waals surface area contributed by atoms with E-state index in [9.17, 15) is 9.59 Å². The molecule has 0 unspecified atom stereocenters. The molecule has 0 saturated carbocycles. The first kappa shape index (κ1) is 28.4. The average molecular weight is 592 g/mol. The third-order valence-electron chi connectivity index (χ3n) is 6.77. The molecule has 3 amide bonds. The molecule has 204 valence electrons. The summed E-state index contributed by atoms with van der Waals surface area (Å²) in [6.07, 6.45) is 4.39. The number of carbonyl (C=O) groups excluding carboxylic acids is 2. The smallest absolute Gasteiger partial charge is 0.321 e. The van der Waals surface area contributed by atoms with Gasteiger partial charge in [-0.1, -0.05) is 72.8 Å². The standard InChI is InChI=1S/C31H35BrN4O3/c1-39-29-16-8-5-12-26(29)13-9-17-35(30(37)24-25-10-3-2-4-11-25)21-18-34-19-22-36(23-20-34)31(38)33-28-15-7-6-14-27(28)32/h2-16H,17-24H2,1H3,(H,33,38)/b13-9+. The van der Waals surface area contributed by atoms with Crippen molar-refractivity contribution in [2.75, 3.05) is 58.2 Å². The summed E-state index contributed by atoms with van der Waals surface area (Å²) in [5.41, 5.74) is 2.75. The van der Waals surface area contributed by atoms with E-state index in [1.165, 1.54) is 0 Å². The number of amides is 3. The van der Waals surface area contributed by atoms with E-state index in [0.29, 0.717) is 32.6 Å². The maximum Gasteiger partial charge on any atom is 0.321 e. The Morgan fingerprint density at radius 2 is 1.64 bits per heavy atom. The summed E-state index contributed by atoms with van der Waals surface area (Å²) >= 11 is 3.48. The van der Waals surface area contributed by atoms with E-state index in [0.717, 1.165) is 46.7 Å². The number of hydrogen-bond acceptors (Lipinski definition) is 4. The van der Waals surface area contributed by atoms with Gasteiger partial charge < -0.3 is 19.9 Å².